The second-order valence-electron chi connectivity index (χ2n) is 5.77. The minimum Gasteiger partial charge on any atom is -0.322 e. The van der Waals surface area contributed by atoms with Gasteiger partial charge in [-0.15, -0.1) is 11.3 Å². The molecule has 122 valence electrons. The molecule has 0 unspecified atom stereocenters. The average Bonchev–Trinajstić information content (AvgIpc) is 3.06. The highest BCUT2D eigenvalue weighted by atomic mass is 32.1. The lowest BCUT2D eigenvalue weighted by molar-refractivity contribution is 0.102. The van der Waals surface area contributed by atoms with Crippen molar-refractivity contribution < 1.29 is 4.79 Å². The first-order valence-electron chi connectivity index (χ1n) is 8.08. The number of anilines is 1. The number of benzene rings is 3. The molecule has 1 N–H and O–H groups in total. The third kappa shape index (κ3) is 3.59. The topological polar surface area (TPSA) is 42.0 Å². The Labute approximate surface area is 150 Å². The largest absolute Gasteiger partial charge is 0.322 e. The van der Waals surface area contributed by atoms with Crippen LogP contribution in [-0.2, 0) is 6.42 Å². The molecule has 4 aromatic rings. The van der Waals surface area contributed by atoms with Gasteiger partial charge < -0.3 is 5.32 Å². The third-order valence-corrected chi connectivity index (χ3v) is 4.98. The number of nitrogens with one attached hydrogen (secondary N) is 1. The number of fused-ring (bicyclic) bond motifs is 1. The first-order chi connectivity index (χ1) is 12.3. The Bertz CT molecular complexity index is 974. The van der Waals surface area contributed by atoms with Gasteiger partial charge in [0.05, 0.1) is 15.2 Å². The van der Waals surface area contributed by atoms with Crippen molar-refractivity contribution in [2.75, 3.05) is 5.32 Å². The lowest BCUT2D eigenvalue weighted by Gasteiger charge is -2.06. The average molecular weight is 344 g/mol. The first kappa shape index (κ1) is 15.5. The summed E-state index contributed by atoms with van der Waals surface area (Å²) in [5.74, 6) is -0.0977. The Kier molecular flexibility index (Phi) is 4.27. The summed E-state index contributed by atoms with van der Waals surface area (Å²) < 4.78 is 1.21. The van der Waals surface area contributed by atoms with E-state index in [-0.39, 0.29) is 5.91 Å². The number of amides is 1. The first-order valence-corrected chi connectivity index (χ1v) is 8.89. The van der Waals surface area contributed by atoms with Crippen LogP contribution in [0.5, 0.6) is 0 Å². The van der Waals surface area contributed by atoms with Gasteiger partial charge in [-0.2, -0.15) is 0 Å². The van der Waals surface area contributed by atoms with Crippen molar-refractivity contribution in [1.29, 1.82) is 0 Å². The summed E-state index contributed by atoms with van der Waals surface area (Å²) in [5.41, 5.74) is 3.67. The zero-order valence-corrected chi connectivity index (χ0v) is 14.3. The molecule has 4 heteroatoms. The fourth-order valence-electron chi connectivity index (χ4n) is 2.67. The van der Waals surface area contributed by atoms with E-state index in [0.717, 1.165) is 22.6 Å². The summed E-state index contributed by atoms with van der Waals surface area (Å²) in [6.07, 6.45) is 0.798. The number of carbonyl (C=O) groups is 1. The smallest absolute Gasteiger partial charge is 0.255 e. The van der Waals surface area contributed by atoms with Crippen molar-refractivity contribution in [3.8, 4) is 0 Å². The zero-order valence-electron chi connectivity index (χ0n) is 13.5. The lowest BCUT2D eigenvalue weighted by Crippen LogP contribution is -2.11. The monoisotopic (exact) mass is 344 g/mol. The molecule has 0 fully saturated rings. The fourth-order valence-corrected chi connectivity index (χ4v) is 3.67. The molecule has 0 atom stereocenters. The van der Waals surface area contributed by atoms with Crippen molar-refractivity contribution in [1.82, 2.24) is 4.98 Å². The molecule has 1 amide bonds. The minimum absolute atomic E-state index is 0.0977. The van der Waals surface area contributed by atoms with Crippen LogP contribution in [0.2, 0.25) is 0 Å². The molecule has 0 saturated carbocycles. The van der Waals surface area contributed by atoms with E-state index in [9.17, 15) is 4.79 Å². The summed E-state index contributed by atoms with van der Waals surface area (Å²) in [4.78, 5) is 16.8. The molecule has 1 aromatic heterocycles. The van der Waals surface area contributed by atoms with Crippen molar-refractivity contribution in [2.45, 2.75) is 6.42 Å². The number of hydrogen-bond donors (Lipinski definition) is 1. The number of aromatic nitrogens is 1. The molecule has 0 saturated heterocycles. The van der Waals surface area contributed by atoms with Gasteiger partial charge in [0, 0.05) is 17.7 Å². The van der Waals surface area contributed by atoms with Crippen molar-refractivity contribution in [2.24, 2.45) is 0 Å². The molecule has 1 heterocycles. The van der Waals surface area contributed by atoms with Crippen molar-refractivity contribution >= 4 is 33.1 Å². The summed E-state index contributed by atoms with van der Waals surface area (Å²) in [5, 5.41) is 4.02. The van der Waals surface area contributed by atoms with Crippen LogP contribution in [0, 0.1) is 0 Å². The Morgan fingerprint density at radius 1 is 0.880 bits per heavy atom. The van der Waals surface area contributed by atoms with E-state index in [1.54, 1.807) is 23.5 Å². The Hall–Kier alpha value is -2.98. The molecular formula is C21H16N2OS. The van der Waals surface area contributed by atoms with Gasteiger partial charge >= 0.3 is 0 Å². The number of rotatable bonds is 4. The van der Waals surface area contributed by atoms with Gasteiger partial charge in [-0.05, 0) is 42.0 Å². The van der Waals surface area contributed by atoms with E-state index in [2.05, 4.69) is 16.4 Å². The molecule has 4 rings (SSSR count). The Morgan fingerprint density at radius 3 is 2.36 bits per heavy atom. The highest BCUT2D eigenvalue weighted by Gasteiger charge is 2.07. The summed E-state index contributed by atoms with van der Waals surface area (Å²) in [7, 11) is 0. The van der Waals surface area contributed by atoms with Crippen LogP contribution in [0.3, 0.4) is 0 Å². The molecule has 0 aliphatic rings. The van der Waals surface area contributed by atoms with Crippen LogP contribution < -0.4 is 5.32 Å². The molecule has 0 spiro atoms. The predicted molar refractivity (Wildman–Crippen MR) is 103 cm³/mol. The van der Waals surface area contributed by atoms with Crippen LogP contribution in [-0.4, -0.2) is 10.9 Å². The van der Waals surface area contributed by atoms with Gasteiger partial charge in [0.2, 0.25) is 0 Å². The molecular weight excluding hydrogens is 328 g/mol. The summed E-state index contributed by atoms with van der Waals surface area (Å²) >= 11 is 1.72. The zero-order chi connectivity index (χ0) is 17.1. The van der Waals surface area contributed by atoms with Gasteiger partial charge in [0.25, 0.3) is 5.91 Å². The number of carbonyl (C=O) groups excluding carboxylic acids is 1. The third-order valence-electron chi connectivity index (χ3n) is 3.94. The van der Waals surface area contributed by atoms with E-state index in [4.69, 9.17) is 0 Å². The maximum atomic E-state index is 12.2. The van der Waals surface area contributed by atoms with Gasteiger partial charge in [0.15, 0.2) is 0 Å². The number of hydrogen-bond acceptors (Lipinski definition) is 3. The molecule has 0 radical (unpaired) electrons. The van der Waals surface area contributed by atoms with E-state index in [1.165, 1.54) is 10.3 Å². The van der Waals surface area contributed by atoms with E-state index >= 15 is 0 Å². The summed E-state index contributed by atoms with van der Waals surface area (Å²) in [6, 6.07) is 25.3. The van der Waals surface area contributed by atoms with Crippen molar-refractivity contribution in [3.63, 3.8) is 0 Å². The standard InChI is InChI=1S/C21H16N2OS/c24-21(16-6-2-1-3-7-16)22-17-12-10-15(11-13-17)14-20-23-18-8-4-5-9-19(18)25-20/h1-13H,14H2,(H,22,24). The van der Waals surface area contributed by atoms with Crippen LogP contribution in [0.15, 0.2) is 78.9 Å². The maximum absolute atomic E-state index is 12.2. The van der Waals surface area contributed by atoms with E-state index < -0.39 is 0 Å². The van der Waals surface area contributed by atoms with Crippen LogP contribution >= 0.6 is 11.3 Å². The second kappa shape index (κ2) is 6.87. The molecule has 0 bridgehead atoms. The molecule has 3 aromatic carbocycles. The highest BCUT2D eigenvalue weighted by Crippen LogP contribution is 2.24. The van der Waals surface area contributed by atoms with E-state index in [0.29, 0.717) is 5.56 Å². The number of nitrogens with zero attached hydrogens (tertiary/aromatic N) is 1. The van der Waals surface area contributed by atoms with Gasteiger partial charge in [-0.1, -0.05) is 42.5 Å². The van der Waals surface area contributed by atoms with Crippen LogP contribution in [0.1, 0.15) is 20.9 Å². The fraction of sp³-hybridized carbons (Fsp3) is 0.0476. The Balaban J connectivity index is 1.45. The number of thiazole rings is 1. The normalized spacial score (nSPS) is 10.7. The summed E-state index contributed by atoms with van der Waals surface area (Å²) in [6.45, 7) is 0. The van der Waals surface area contributed by atoms with E-state index in [1.807, 2.05) is 60.7 Å². The second-order valence-corrected chi connectivity index (χ2v) is 6.88. The maximum Gasteiger partial charge on any atom is 0.255 e. The quantitative estimate of drug-likeness (QED) is 0.557. The molecule has 0 aliphatic carbocycles. The van der Waals surface area contributed by atoms with Crippen molar-refractivity contribution in [3.05, 3.63) is 95.0 Å². The minimum atomic E-state index is -0.0977. The molecule has 25 heavy (non-hydrogen) atoms. The van der Waals surface area contributed by atoms with Gasteiger partial charge in [-0.25, -0.2) is 4.98 Å². The van der Waals surface area contributed by atoms with Gasteiger partial charge in [0.1, 0.15) is 0 Å². The van der Waals surface area contributed by atoms with Crippen LogP contribution in [0.4, 0.5) is 5.69 Å². The molecule has 3 nitrogen and oxygen atoms in total. The SMILES string of the molecule is O=C(Nc1ccc(Cc2nc3ccccc3s2)cc1)c1ccccc1. The molecule has 0 aliphatic heterocycles. The predicted octanol–water partition coefficient (Wildman–Crippen LogP) is 5.14. The van der Waals surface area contributed by atoms with Gasteiger partial charge in [-0.3, -0.25) is 4.79 Å². The Morgan fingerprint density at radius 2 is 1.60 bits per heavy atom. The number of para-hydroxylation sites is 1. The highest BCUT2D eigenvalue weighted by molar-refractivity contribution is 7.18. The van der Waals surface area contributed by atoms with Crippen LogP contribution in [0.25, 0.3) is 10.2 Å². The lowest BCUT2D eigenvalue weighted by atomic mass is 10.1.